The van der Waals surface area contributed by atoms with Crippen molar-refractivity contribution in [3.05, 3.63) is 29.8 Å². The fourth-order valence-electron chi connectivity index (χ4n) is 2.89. The van der Waals surface area contributed by atoms with Crippen molar-refractivity contribution in [2.24, 2.45) is 17.1 Å². The monoisotopic (exact) mass is 331 g/mol. The maximum absolute atomic E-state index is 12.6. The molecule has 1 aliphatic rings. The number of anilines is 1. The molecular formula is C18H25N3O3. The zero-order valence-corrected chi connectivity index (χ0v) is 14.5. The molecule has 3 amide bonds. The number of hydrogen-bond donors (Lipinski definition) is 2. The summed E-state index contributed by atoms with van der Waals surface area (Å²) in [6.07, 6.45) is 1.51. The van der Waals surface area contributed by atoms with E-state index < -0.39 is 11.3 Å². The third-order valence-corrected chi connectivity index (χ3v) is 4.17. The van der Waals surface area contributed by atoms with E-state index in [4.69, 9.17) is 5.73 Å². The van der Waals surface area contributed by atoms with Gasteiger partial charge in [-0.05, 0) is 25.0 Å². The van der Waals surface area contributed by atoms with Gasteiger partial charge >= 0.3 is 0 Å². The number of amides is 3. The Kier molecular flexibility index (Phi) is 5.26. The van der Waals surface area contributed by atoms with Crippen molar-refractivity contribution in [1.29, 1.82) is 0 Å². The van der Waals surface area contributed by atoms with Crippen molar-refractivity contribution >= 4 is 23.4 Å². The zero-order valence-electron chi connectivity index (χ0n) is 14.5. The lowest BCUT2D eigenvalue weighted by Gasteiger charge is -2.35. The molecular weight excluding hydrogens is 306 g/mol. The first-order valence-corrected chi connectivity index (χ1v) is 8.19. The maximum atomic E-state index is 12.6. The normalized spacial score (nSPS) is 18.1. The highest BCUT2D eigenvalue weighted by molar-refractivity contribution is 6.03. The minimum atomic E-state index is -0.584. The SMILES string of the molecule is CC(C)(C)C(=O)N1CCCC(C(=O)Nc2ccccc2C(N)=O)C1. The van der Waals surface area contributed by atoms with Crippen LogP contribution in [0, 0.1) is 11.3 Å². The third-order valence-electron chi connectivity index (χ3n) is 4.17. The topological polar surface area (TPSA) is 92.5 Å². The van der Waals surface area contributed by atoms with Crippen LogP contribution >= 0.6 is 0 Å². The second-order valence-electron chi connectivity index (χ2n) is 7.24. The third kappa shape index (κ3) is 4.13. The summed E-state index contributed by atoms with van der Waals surface area (Å²) in [6, 6.07) is 6.66. The van der Waals surface area contributed by atoms with Gasteiger partial charge in [-0.3, -0.25) is 14.4 Å². The fourth-order valence-corrected chi connectivity index (χ4v) is 2.89. The molecule has 0 spiro atoms. The minimum absolute atomic E-state index is 0.0533. The van der Waals surface area contributed by atoms with Crippen LogP contribution < -0.4 is 11.1 Å². The maximum Gasteiger partial charge on any atom is 0.250 e. The zero-order chi connectivity index (χ0) is 17.9. The highest BCUT2D eigenvalue weighted by Gasteiger charge is 2.33. The summed E-state index contributed by atoms with van der Waals surface area (Å²) in [7, 11) is 0. The number of rotatable bonds is 3. The molecule has 2 rings (SSSR count). The molecule has 3 N–H and O–H groups in total. The van der Waals surface area contributed by atoms with Crippen LogP contribution in [0.4, 0.5) is 5.69 Å². The van der Waals surface area contributed by atoms with Gasteiger partial charge in [0.2, 0.25) is 11.8 Å². The lowest BCUT2D eigenvalue weighted by atomic mass is 9.91. The van der Waals surface area contributed by atoms with E-state index in [0.29, 0.717) is 18.8 Å². The van der Waals surface area contributed by atoms with Crippen LogP contribution in [0.3, 0.4) is 0 Å². The Bertz CT molecular complexity index is 649. The average Bonchev–Trinajstić information content (AvgIpc) is 2.53. The molecule has 1 saturated heterocycles. The van der Waals surface area contributed by atoms with E-state index in [-0.39, 0.29) is 23.3 Å². The smallest absolute Gasteiger partial charge is 0.250 e. The number of nitrogens with zero attached hydrogens (tertiary/aromatic N) is 1. The van der Waals surface area contributed by atoms with E-state index in [9.17, 15) is 14.4 Å². The van der Waals surface area contributed by atoms with Crippen LogP contribution in [-0.2, 0) is 9.59 Å². The number of nitrogens with two attached hydrogens (primary N) is 1. The van der Waals surface area contributed by atoms with Gasteiger partial charge in [-0.2, -0.15) is 0 Å². The molecule has 6 nitrogen and oxygen atoms in total. The number of hydrogen-bond acceptors (Lipinski definition) is 3. The fraction of sp³-hybridized carbons (Fsp3) is 0.500. The number of carbonyl (C=O) groups is 3. The van der Waals surface area contributed by atoms with Gasteiger partial charge in [0.15, 0.2) is 0 Å². The van der Waals surface area contributed by atoms with Gasteiger partial charge < -0.3 is 16.0 Å². The minimum Gasteiger partial charge on any atom is -0.366 e. The first kappa shape index (κ1) is 18.0. The number of nitrogens with one attached hydrogen (secondary N) is 1. The quantitative estimate of drug-likeness (QED) is 0.887. The van der Waals surface area contributed by atoms with E-state index >= 15 is 0 Å². The molecule has 24 heavy (non-hydrogen) atoms. The summed E-state index contributed by atoms with van der Waals surface area (Å²) in [4.78, 5) is 38.2. The first-order chi connectivity index (χ1) is 11.2. The molecule has 0 saturated carbocycles. The predicted molar refractivity (Wildman–Crippen MR) is 92.3 cm³/mol. The lowest BCUT2D eigenvalue weighted by molar-refractivity contribution is -0.142. The summed E-state index contributed by atoms with van der Waals surface area (Å²) in [5, 5.41) is 2.78. The molecule has 0 aromatic heterocycles. The number of benzene rings is 1. The molecule has 1 heterocycles. The Balaban J connectivity index is 2.08. The van der Waals surface area contributed by atoms with Crippen molar-refractivity contribution in [2.75, 3.05) is 18.4 Å². The molecule has 130 valence electrons. The van der Waals surface area contributed by atoms with Crippen molar-refractivity contribution in [2.45, 2.75) is 33.6 Å². The Morgan fingerprint density at radius 2 is 1.88 bits per heavy atom. The van der Waals surface area contributed by atoms with Crippen LogP contribution in [0.2, 0.25) is 0 Å². The summed E-state index contributed by atoms with van der Waals surface area (Å²) in [5.74, 6) is -1.00. The van der Waals surface area contributed by atoms with Crippen molar-refractivity contribution in [3.8, 4) is 0 Å². The molecule has 1 fully saturated rings. The second kappa shape index (κ2) is 7.03. The molecule has 6 heteroatoms. The molecule has 1 aromatic carbocycles. The Hall–Kier alpha value is -2.37. The number of primary amides is 1. The molecule has 0 radical (unpaired) electrons. The van der Waals surface area contributed by atoms with Gasteiger partial charge in [0.25, 0.3) is 5.91 Å². The average molecular weight is 331 g/mol. The Labute approximate surface area is 142 Å². The molecule has 0 aliphatic carbocycles. The van der Waals surface area contributed by atoms with Gasteiger partial charge in [0.1, 0.15) is 0 Å². The highest BCUT2D eigenvalue weighted by atomic mass is 16.2. The van der Waals surface area contributed by atoms with E-state index in [0.717, 1.165) is 12.8 Å². The Morgan fingerprint density at radius 1 is 1.21 bits per heavy atom. The highest BCUT2D eigenvalue weighted by Crippen LogP contribution is 2.25. The standard InChI is InChI=1S/C18H25N3O3/c1-18(2,3)17(24)21-10-6-7-12(11-21)16(23)20-14-9-5-4-8-13(14)15(19)22/h4-5,8-9,12H,6-7,10-11H2,1-3H3,(H2,19,22)(H,20,23). The lowest BCUT2D eigenvalue weighted by Crippen LogP contribution is -2.47. The molecule has 0 bridgehead atoms. The summed E-state index contributed by atoms with van der Waals surface area (Å²) < 4.78 is 0. The van der Waals surface area contributed by atoms with Crippen molar-refractivity contribution in [1.82, 2.24) is 4.90 Å². The number of para-hydroxylation sites is 1. The number of piperidine rings is 1. The van der Waals surface area contributed by atoms with Crippen molar-refractivity contribution < 1.29 is 14.4 Å². The second-order valence-corrected chi connectivity index (χ2v) is 7.24. The van der Waals surface area contributed by atoms with Crippen molar-refractivity contribution in [3.63, 3.8) is 0 Å². The van der Waals surface area contributed by atoms with Gasteiger partial charge in [0, 0.05) is 18.5 Å². The summed E-state index contributed by atoms with van der Waals surface area (Å²) in [5.41, 5.74) is 5.57. The largest absolute Gasteiger partial charge is 0.366 e. The molecule has 1 atom stereocenters. The van der Waals surface area contributed by atoms with Gasteiger partial charge in [0.05, 0.1) is 17.2 Å². The van der Waals surface area contributed by atoms with Gasteiger partial charge in [-0.15, -0.1) is 0 Å². The van der Waals surface area contributed by atoms with Crippen LogP contribution in [0.25, 0.3) is 0 Å². The summed E-state index contributed by atoms with van der Waals surface area (Å²) in [6.45, 7) is 6.71. The van der Waals surface area contributed by atoms with E-state index in [1.807, 2.05) is 20.8 Å². The molecule has 1 unspecified atom stereocenters. The van der Waals surface area contributed by atoms with Gasteiger partial charge in [-0.25, -0.2) is 0 Å². The number of carbonyl (C=O) groups excluding carboxylic acids is 3. The molecule has 1 aromatic rings. The summed E-state index contributed by atoms with van der Waals surface area (Å²) >= 11 is 0. The number of likely N-dealkylation sites (tertiary alicyclic amines) is 1. The van der Waals surface area contributed by atoms with E-state index in [2.05, 4.69) is 5.32 Å². The van der Waals surface area contributed by atoms with Gasteiger partial charge in [-0.1, -0.05) is 32.9 Å². The predicted octanol–water partition coefficient (Wildman–Crippen LogP) is 2.01. The first-order valence-electron chi connectivity index (χ1n) is 8.19. The molecule has 1 aliphatic heterocycles. The van der Waals surface area contributed by atoms with Crippen LogP contribution in [0.5, 0.6) is 0 Å². The van der Waals surface area contributed by atoms with Crippen LogP contribution in [0.1, 0.15) is 44.0 Å². The van der Waals surface area contributed by atoms with E-state index in [1.54, 1.807) is 29.2 Å². The van der Waals surface area contributed by atoms with Crippen LogP contribution in [-0.4, -0.2) is 35.7 Å². The van der Waals surface area contributed by atoms with E-state index in [1.165, 1.54) is 0 Å². The Morgan fingerprint density at radius 3 is 2.50 bits per heavy atom. The van der Waals surface area contributed by atoms with Crippen LogP contribution in [0.15, 0.2) is 24.3 Å².